The fraction of sp³-hybridized carbons (Fsp3) is 0.833. The van der Waals surface area contributed by atoms with Gasteiger partial charge in [-0.3, -0.25) is 0 Å². The Balaban J connectivity index is 0.000000243. The zero-order valence-electron chi connectivity index (χ0n) is 8.97. The first-order valence-electron chi connectivity index (χ1n) is 5.71. The lowest BCUT2D eigenvalue weighted by Crippen LogP contribution is -1.69. The van der Waals surface area contributed by atoms with Crippen molar-refractivity contribution >= 4 is 0 Å². The molecule has 1 rings (SSSR count). The predicted octanol–water partition coefficient (Wildman–Crippen LogP) is 4.59. The minimum absolute atomic E-state index is 1.02. The summed E-state index contributed by atoms with van der Waals surface area (Å²) in [5.74, 6) is 0. The molecular weight excluding hydrogens is 160 g/mol. The molecule has 78 valence electrons. The fourth-order valence-corrected chi connectivity index (χ4v) is 1.47. The number of allylic oxidation sites excluding steroid dienone is 1. The zero-order chi connectivity index (χ0) is 9.78. The van der Waals surface area contributed by atoms with Crippen molar-refractivity contribution in [1.29, 1.82) is 0 Å². The molecule has 0 aromatic rings. The summed E-state index contributed by atoms with van der Waals surface area (Å²) in [6.07, 6.45) is 15.1. The Morgan fingerprint density at radius 2 is 1.54 bits per heavy atom. The molecule has 1 heteroatoms. The first-order valence-corrected chi connectivity index (χ1v) is 5.71. The molecule has 0 aliphatic heterocycles. The molecule has 0 saturated heterocycles. The van der Waals surface area contributed by atoms with Crippen molar-refractivity contribution < 1.29 is 5.11 Å². The topological polar surface area (TPSA) is 20.2 Å². The highest BCUT2D eigenvalue weighted by atomic mass is 16.2. The second-order valence-electron chi connectivity index (χ2n) is 3.65. The summed E-state index contributed by atoms with van der Waals surface area (Å²) in [6, 6.07) is 0. The van der Waals surface area contributed by atoms with Crippen molar-refractivity contribution in [2.75, 3.05) is 0 Å². The average molecular weight is 184 g/mol. The smallest absolute Gasteiger partial charge is 0.0751 e. The zero-order valence-corrected chi connectivity index (χ0v) is 8.97. The number of aliphatic hydroxyl groups is 1. The van der Waals surface area contributed by atoms with Crippen LogP contribution in [0.2, 0.25) is 0 Å². The minimum Gasteiger partial charge on any atom is -0.516 e. The van der Waals surface area contributed by atoms with Gasteiger partial charge in [-0.05, 0) is 12.8 Å². The van der Waals surface area contributed by atoms with Crippen LogP contribution >= 0.6 is 0 Å². The molecule has 0 heterocycles. The quantitative estimate of drug-likeness (QED) is 0.500. The van der Waals surface area contributed by atoms with E-state index < -0.39 is 0 Å². The van der Waals surface area contributed by atoms with Gasteiger partial charge in [0.05, 0.1) is 6.26 Å². The number of unbranched alkanes of at least 4 members (excludes halogenated alkanes) is 3. The van der Waals surface area contributed by atoms with Crippen LogP contribution in [0.15, 0.2) is 12.3 Å². The number of rotatable bonds is 4. The summed E-state index contributed by atoms with van der Waals surface area (Å²) in [4.78, 5) is 0. The standard InChI is InChI=1S/C7H14O.C5H10/c1-2-3-4-5-6-7-8;1-2-4-5-3-1/h6-8H,2-5H2,1H3;1-5H2/b7-6+;. The second kappa shape index (κ2) is 11.5. The van der Waals surface area contributed by atoms with E-state index in [-0.39, 0.29) is 0 Å². The Hall–Kier alpha value is -0.460. The van der Waals surface area contributed by atoms with E-state index in [0.29, 0.717) is 0 Å². The highest BCUT2D eigenvalue weighted by Crippen LogP contribution is 2.15. The molecule has 1 N–H and O–H groups in total. The molecule has 0 amide bonds. The van der Waals surface area contributed by atoms with Crippen LogP contribution in [-0.2, 0) is 0 Å². The van der Waals surface area contributed by atoms with Gasteiger partial charge in [-0.2, -0.15) is 0 Å². The lowest BCUT2D eigenvalue weighted by atomic mass is 10.2. The third kappa shape index (κ3) is 11.5. The highest BCUT2D eigenvalue weighted by molar-refractivity contribution is 4.70. The summed E-state index contributed by atoms with van der Waals surface area (Å²) in [6.45, 7) is 2.17. The lowest BCUT2D eigenvalue weighted by Gasteiger charge is -1.88. The Bertz CT molecular complexity index is 96.1. The number of hydrogen-bond acceptors (Lipinski definition) is 1. The van der Waals surface area contributed by atoms with E-state index in [0.717, 1.165) is 12.7 Å². The van der Waals surface area contributed by atoms with Gasteiger partial charge in [-0.15, -0.1) is 0 Å². The van der Waals surface area contributed by atoms with Crippen LogP contribution in [0.4, 0.5) is 0 Å². The highest BCUT2D eigenvalue weighted by Gasteiger charge is 1.95. The maximum absolute atomic E-state index is 8.19. The van der Waals surface area contributed by atoms with Crippen molar-refractivity contribution in [3.8, 4) is 0 Å². The van der Waals surface area contributed by atoms with Gasteiger partial charge in [0, 0.05) is 0 Å². The van der Waals surface area contributed by atoms with Crippen LogP contribution in [0, 0.1) is 0 Å². The minimum atomic E-state index is 1.02. The second-order valence-corrected chi connectivity index (χ2v) is 3.65. The van der Waals surface area contributed by atoms with Gasteiger partial charge in [0.15, 0.2) is 0 Å². The van der Waals surface area contributed by atoms with Crippen LogP contribution in [0.3, 0.4) is 0 Å². The molecule has 0 radical (unpaired) electrons. The predicted molar refractivity (Wildman–Crippen MR) is 59.0 cm³/mol. The van der Waals surface area contributed by atoms with Crippen LogP contribution in [0.1, 0.15) is 64.7 Å². The normalized spacial score (nSPS) is 15.8. The lowest BCUT2D eigenvalue weighted by molar-refractivity contribution is 0.470. The Kier molecular flexibility index (Phi) is 11.1. The molecule has 1 saturated carbocycles. The van der Waals surface area contributed by atoms with Gasteiger partial charge in [-0.25, -0.2) is 0 Å². The third-order valence-corrected chi connectivity index (χ3v) is 2.33. The Labute approximate surface area is 82.9 Å². The van der Waals surface area contributed by atoms with E-state index in [1.54, 1.807) is 6.08 Å². The van der Waals surface area contributed by atoms with E-state index in [1.165, 1.54) is 51.4 Å². The molecule has 1 aliphatic carbocycles. The van der Waals surface area contributed by atoms with Gasteiger partial charge >= 0.3 is 0 Å². The molecule has 1 nitrogen and oxygen atoms in total. The summed E-state index contributed by atoms with van der Waals surface area (Å²) >= 11 is 0. The molecule has 0 atom stereocenters. The Morgan fingerprint density at radius 1 is 1.00 bits per heavy atom. The van der Waals surface area contributed by atoms with E-state index >= 15 is 0 Å². The van der Waals surface area contributed by atoms with Gasteiger partial charge < -0.3 is 5.11 Å². The van der Waals surface area contributed by atoms with Gasteiger partial charge in [0.2, 0.25) is 0 Å². The first kappa shape index (κ1) is 12.5. The maximum atomic E-state index is 8.19. The number of hydrogen-bond donors (Lipinski definition) is 1. The molecule has 13 heavy (non-hydrogen) atoms. The average Bonchev–Trinajstić information content (AvgIpc) is 2.70. The van der Waals surface area contributed by atoms with Crippen LogP contribution in [0.25, 0.3) is 0 Å². The van der Waals surface area contributed by atoms with Gasteiger partial charge in [0.1, 0.15) is 0 Å². The summed E-state index contributed by atoms with van der Waals surface area (Å²) in [7, 11) is 0. The molecule has 0 unspecified atom stereocenters. The van der Waals surface area contributed by atoms with E-state index in [2.05, 4.69) is 6.92 Å². The SMILES string of the molecule is C1CCCC1.CCCCC/C=C/O. The van der Waals surface area contributed by atoms with Crippen LogP contribution < -0.4 is 0 Å². The van der Waals surface area contributed by atoms with Crippen molar-refractivity contribution in [2.24, 2.45) is 0 Å². The largest absolute Gasteiger partial charge is 0.516 e. The van der Waals surface area contributed by atoms with Crippen molar-refractivity contribution in [3.63, 3.8) is 0 Å². The van der Waals surface area contributed by atoms with Gasteiger partial charge in [-0.1, -0.05) is 57.9 Å². The van der Waals surface area contributed by atoms with E-state index in [1.807, 2.05) is 0 Å². The molecule has 0 aromatic heterocycles. The summed E-state index contributed by atoms with van der Waals surface area (Å²) in [5.41, 5.74) is 0. The first-order chi connectivity index (χ1) is 6.41. The molecule has 0 aromatic carbocycles. The van der Waals surface area contributed by atoms with Crippen molar-refractivity contribution in [3.05, 3.63) is 12.3 Å². The summed E-state index contributed by atoms with van der Waals surface area (Å²) < 4.78 is 0. The molecule has 0 bridgehead atoms. The van der Waals surface area contributed by atoms with Crippen molar-refractivity contribution in [1.82, 2.24) is 0 Å². The molecular formula is C12H24O. The van der Waals surface area contributed by atoms with Gasteiger partial charge in [0.25, 0.3) is 0 Å². The molecule has 1 fully saturated rings. The van der Waals surface area contributed by atoms with E-state index in [4.69, 9.17) is 5.11 Å². The van der Waals surface area contributed by atoms with Crippen molar-refractivity contribution in [2.45, 2.75) is 64.7 Å². The maximum Gasteiger partial charge on any atom is 0.0751 e. The summed E-state index contributed by atoms with van der Waals surface area (Å²) in [5, 5.41) is 8.19. The fourth-order valence-electron chi connectivity index (χ4n) is 1.47. The molecule has 0 spiro atoms. The monoisotopic (exact) mass is 184 g/mol. The van der Waals surface area contributed by atoms with E-state index in [9.17, 15) is 0 Å². The van der Waals surface area contributed by atoms with Crippen LogP contribution in [-0.4, -0.2) is 5.11 Å². The number of aliphatic hydroxyl groups excluding tert-OH is 1. The van der Waals surface area contributed by atoms with Crippen LogP contribution in [0.5, 0.6) is 0 Å². The Morgan fingerprint density at radius 3 is 1.92 bits per heavy atom. The third-order valence-electron chi connectivity index (χ3n) is 2.33. The molecule has 1 aliphatic rings.